The quantitative estimate of drug-likeness (QED) is 0.844. The van der Waals surface area contributed by atoms with Crippen LogP contribution in [0.3, 0.4) is 0 Å². The summed E-state index contributed by atoms with van der Waals surface area (Å²) in [5.41, 5.74) is 0. The Hall–Kier alpha value is -1.88. The molecule has 0 bridgehead atoms. The third-order valence-electron chi connectivity index (χ3n) is 4.12. The summed E-state index contributed by atoms with van der Waals surface area (Å²) in [4.78, 5) is 2.47. The van der Waals surface area contributed by atoms with Gasteiger partial charge in [-0.15, -0.1) is 10.2 Å². The van der Waals surface area contributed by atoms with Crippen molar-refractivity contribution in [2.45, 2.75) is 18.8 Å². The van der Waals surface area contributed by atoms with Crippen LogP contribution in [0.15, 0.2) is 36.7 Å². The van der Waals surface area contributed by atoms with Crippen molar-refractivity contribution in [2.24, 2.45) is 7.05 Å². The summed E-state index contributed by atoms with van der Waals surface area (Å²) in [6.07, 6.45) is 4.09. The molecule has 1 saturated heterocycles. The van der Waals surface area contributed by atoms with E-state index in [0.29, 0.717) is 5.92 Å². The molecule has 2 heterocycles. The monoisotopic (exact) mass is 286 g/mol. The number of hydrogen-bond acceptors (Lipinski definition) is 4. The summed E-state index contributed by atoms with van der Waals surface area (Å²) >= 11 is 0. The molecule has 0 spiro atoms. The molecule has 0 aliphatic carbocycles. The van der Waals surface area contributed by atoms with E-state index in [4.69, 9.17) is 4.74 Å². The van der Waals surface area contributed by atoms with E-state index in [1.807, 2.05) is 41.9 Å². The maximum absolute atomic E-state index is 5.76. The molecule has 0 unspecified atom stereocenters. The average Bonchev–Trinajstić information content (AvgIpc) is 2.95. The highest BCUT2D eigenvalue weighted by molar-refractivity contribution is 5.20. The van der Waals surface area contributed by atoms with E-state index < -0.39 is 0 Å². The predicted molar refractivity (Wildman–Crippen MR) is 81.4 cm³/mol. The number of nitrogens with zero attached hydrogens (tertiary/aromatic N) is 4. The first-order valence-corrected chi connectivity index (χ1v) is 7.57. The molecule has 0 amide bonds. The fraction of sp³-hybridized carbons (Fsp3) is 0.500. The van der Waals surface area contributed by atoms with Gasteiger partial charge in [0.1, 0.15) is 24.5 Å². The van der Waals surface area contributed by atoms with Gasteiger partial charge in [-0.1, -0.05) is 18.2 Å². The number of aryl methyl sites for hydroxylation is 1. The fourth-order valence-electron chi connectivity index (χ4n) is 2.89. The molecule has 112 valence electrons. The van der Waals surface area contributed by atoms with Gasteiger partial charge in [-0.2, -0.15) is 0 Å². The van der Waals surface area contributed by atoms with Crippen molar-refractivity contribution in [2.75, 3.05) is 26.2 Å². The van der Waals surface area contributed by atoms with Crippen molar-refractivity contribution in [3.63, 3.8) is 0 Å². The third kappa shape index (κ3) is 3.61. The Balaban J connectivity index is 1.41. The van der Waals surface area contributed by atoms with Crippen LogP contribution in [0, 0.1) is 0 Å². The van der Waals surface area contributed by atoms with Crippen LogP contribution in [0.4, 0.5) is 0 Å². The molecule has 0 saturated carbocycles. The van der Waals surface area contributed by atoms with Crippen molar-refractivity contribution in [3.05, 3.63) is 42.5 Å². The molecule has 5 heteroatoms. The van der Waals surface area contributed by atoms with Crippen molar-refractivity contribution >= 4 is 0 Å². The van der Waals surface area contributed by atoms with E-state index in [9.17, 15) is 0 Å². The van der Waals surface area contributed by atoms with Crippen molar-refractivity contribution < 1.29 is 4.74 Å². The average molecular weight is 286 g/mol. The van der Waals surface area contributed by atoms with Crippen LogP contribution in [0.5, 0.6) is 5.75 Å². The zero-order valence-corrected chi connectivity index (χ0v) is 12.5. The van der Waals surface area contributed by atoms with Gasteiger partial charge in [-0.25, -0.2) is 0 Å². The molecular formula is C16H22N4O. The van der Waals surface area contributed by atoms with Crippen LogP contribution in [0.1, 0.15) is 24.6 Å². The number of piperidine rings is 1. The van der Waals surface area contributed by atoms with E-state index in [-0.39, 0.29) is 0 Å². The van der Waals surface area contributed by atoms with Crippen molar-refractivity contribution in [1.29, 1.82) is 0 Å². The van der Waals surface area contributed by atoms with Crippen LogP contribution >= 0.6 is 0 Å². The number of rotatable bonds is 5. The first-order chi connectivity index (χ1) is 10.3. The maximum atomic E-state index is 5.76. The van der Waals surface area contributed by atoms with E-state index in [0.717, 1.165) is 50.7 Å². The Bertz CT molecular complexity index is 546. The Morgan fingerprint density at radius 2 is 1.95 bits per heavy atom. The van der Waals surface area contributed by atoms with Crippen LogP contribution in [-0.2, 0) is 7.05 Å². The normalized spacial score (nSPS) is 17.0. The molecule has 1 aromatic heterocycles. The van der Waals surface area contributed by atoms with Crippen LogP contribution in [-0.4, -0.2) is 45.9 Å². The minimum atomic E-state index is 0.545. The second-order valence-electron chi connectivity index (χ2n) is 5.58. The Labute approximate surface area is 125 Å². The molecule has 3 rings (SSSR count). The van der Waals surface area contributed by atoms with Gasteiger partial charge in [0.15, 0.2) is 0 Å². The first kappa shape index (κ1) is 14.1. The Morgan fingerprint density at radius 1 is 1.19 bits per heavy atom. The number of benzene rings is 1. The standard InChI is InChI=1S/C16H22N4O/c1-19-13-17-18-16(19)14-7-9-20(10-8-14)11-12-21-15-5-3-2-4-6-15/h2-6,13-14H,7-12H2,1H3. The highest BCUT2D eigenvalue weighted by Crippen LogP contribution is 2.25. The van der Waals surface area contributed by atoms with E-state index in [1.165, 1.54) is 0 Å². The summed E-state index contributed by atoms with van der Waals surface area (Å²) in [6.45, 7) is 3.95. The molecule has 2 aromatic rings. The lowest BCUT2D eigenvalue weighted by molar-refractivity contribution is 0.171. The van der Waals surface area contributed by atoms with Crippen LogP contribution in [0.25, 0.3) is 0 Å². The highest BCUT2D eigenvalue weighted by Gasteiger charge is 2.23. The van der Waals surface area contributed by atoms with Crippen LogP contribution < -0.4 is 4.74 Å². The molecule has 1 aliphatic rings. The molecule has 1 aliphatic heterocycles. The molecule has 5 nitrogen and oxygen atoms in total. The Kier molecular flexibility index (Phi) is 4.50. The maximum Gasteiger partial charge on any atom is 0.135 e. The number of hydrogen-bond donors (Lipinski definition) is 0. The van der Waals surface area contributed by atoms with E-state index >= 15 is 0 Å². The summed E-state index contributed by atoms with van der Waals surface area (Å²) in [6, 6.07) is 10.0. The molecule has 1 fully saturated rings. The lowest BCUT2D eigenvalue weighted by Gasteiger charge is -2.31. The Morgan fingerprint density at radius 3 is 2.62 bits per heavy atom. The summed E-state index contributed by atoms with van der Waals surface area (Å²) < 4.78 is 7.80. The summed E-state index contributed by atoms with van der Waals surface area (Å²) in [5, 5.41) is 8.21. The third-order valence-corrected chi connectivity index (χ3v) is 4.12. The number of likely N-dealkylation sites (tertiary alicyclic amines) is 1. The molecule has 1 aromatic carbocycles. The van der Waals surface area contributed by atoms with Gasteiger partial charge in [0.2, 0.25) is 0 Å². The minimum absolute atomic E-state index is 0.545. The fourth-order valence-corrected chi connectivity index (χ4v) is 2.89. The zero-order chi connectivity index (χ0) is 14.5. The SMILES string of the molecule is Cn1cnnc1C1CCN(CCOc2ccccc2)CC1. The van der Waals surface area contributed by atoms with Crippen molar-refractivity contribution in [1.82, 2.24) is 19.7 Å². The number of para-hydroxylation sites is 1. The molecule has 0 radical (unpaired) electrons. The largest absolute Gasteiger partial charge is 0.492 e. The topological polar surface area (TPSA) is 43.2 Å². The minimum Gasteiger partial charge on any atom is -0.492 e. The zero-order valence-electron chi connectivity index (χ0n) is 12.5. The van der Waals surface area contributed by atoms with Gasteiger partial charge in [-0.05, 0) is 38.1 Å². The lowest BCUT2D eigenvalue weighted by Crippen LogP contribution is -2.36. The van der Waals surface area contributed by atoms with Gasteiger partial charge in [0.25, 0.3) is 0 Å². The van der Waals surface area contributed by atoms with Gasteiger partial charge in [0.05, 0.1) is 0 Å². The summed E-state index contributed by atoms with van der Waals surface area (Å²) in [5.74, 6) is 2.62. The second-order valence-corrected chi connectivity index (χ2v) is 5.58. The molecule has 0 atom stereocenters. The highest BCUT2D eigenvalue weighted by atomic mass is 16.5. The van der Waals surface area contributed by atoms with Gasteiger partial charge in [0, 0.05) is 19.5 Å². The lowest BCUT2D eigenvalue weighted by atomic mass is 9.96. The number of aromatic nitrogens is 3. The molecule has 21 heavy (non-hydrogen) atoms. The smallest absolute Gasteiger partial charge is 0.135 e. The van der Waals surface area contributed by atoms with Gasteiger partial charge < -0.3 is 9.30 Å². The van der Waals surface area contributed by atoms with E-state index in [1.54, 1.807) is 6.33 Å². The first-order valence-electron chi connectivity index (χ1n) is 7.57. The van der Waals surface area contributed by atoms with Crippen LogP contribution in [0.2, 0.25) is 0 Å². The second kappa shape index (κ2) is 6.72. The molecule has 0 N–H and O–H groups in total. The van der Waals surface area contributed by atoms with Crippen molar-refractivity contribution in [3.8, 4) is 5.75 Å². The number of ether oxygens (including phenoxy) is 1. The molecular weight excluding hydrogens is 264 g/mol. The van der Waals surface area contributed by atoms with Gasteiger partial charge >= 0.3 is 0 Å². The summed E-state index contributed by atoms with van der Waals surface area (Å²) in [7, 11) is 2.02. The predicted octanol–water partition coefficient (Wildman–Crippen LogP) is 2.07. The van der Waals surface area contributed by atoms with E-state index in [2.05, 4.69) is 15.1 Å². The van der Waals surface area contributed by atoms with Gasteiger partial charge in [-0.3, -0.25) is 4.90 Å².